The Kier molecular flexibility index (Phi) is 4.47. The van der Waals surface area contributed by atoms with Crippen molar-refractivity contribution in [1.29, 1.82) is 0 Å². The van der Waals surface area contributed by atoms with Crippen molar-refractivity contribution < 1.29 is 4.79 Å². The summed E-state index contributed by atoms with van der Waals surface area (Å²) in [7, 11) is 0. The van der Waals surface area contributed by atoms with Crippen molar-refractivity contribution in [2.45, 2.75) is 12.8 Å². The highest BCUT2D eigenvalue weighted by molar-refractivity contribution is 9.10. The summed E-state index contributed by atoms with van der Waals surface area (Å²) in [6, 6.07) is 8.15. The number of carbonyl (C=O) groups excluding carboxylic acids is 1. The lowest BCUT2D eigenvalue weighted by molar-refractivity contribution is -0.107. The monoisotopic (exact) mass is 238 g/mol. The van der Waals surface area contributed by atoms with Crippen LogP contribution in [-0.2, 0) is 11.2 Å². The smallest absolute Gasteiger partial charge is 0.123 e. The quantitative estimate of drug-likeness (QED) is 0.582. The highest BCUT2D eigenvalue weighted by Gasteiger charge is 1.89. The first-order valence-corrected chi connectivity index (χ1v) is 4.95. The van der Waals surface area contributed by atoms with E-state index in [1.807, 2.05) is 24.3 Å². The number of rotatable bonds is 4. The molecule has 0 saturated carbocycles. The number of hydrogen-bond donors (Lipinski definition) is 0. The standard InChI is InChI=1S/C11H11BrO/c12-11-7-4-6-10(9-11)5-2-1-3-8-13/h1-2,4,6-9H,3,5H2/b2-1-. The van der Waals surface area contributed by atoms with Gasteiger partial charge in [0, 0.05) is 10.9 Å². The summed E-state index contributed by atoms with van der Waals surface area (Å²) in [4.78, 5) is 10.0. The van der Waals surface area contributed by atoms with Crippen LogP contribution in [0.15, 0.2) is 40.9 Å². The van der Waals surface area contributed by atoms with Gasteiger partial charge in [0.05, 0.1) is 0 Å². The summed E-state index contributed by atoms with van der Waals surface area (Å²) in [5.74, 6) is 0. The van der Waals surface area contributed by atoms with Crippen LogP contribution in [0.2, 0.25) is 0 Å². The van der Waals surface area contributed by atoms with Crippen LogP contribution in [0, 0.1) is 0 Å². The van der Waals surface area contributed by atoms with Crippen molar-refractivity contribution >= 4 is 22.2 Å². The molecule has 0 aliphatic heterocycles. The first-order chi connectivity index (χ1) is 6.33. The number of benzene rings is 1. The Balaban J connectivity index is 2.49. The van der Waals surface area contributed by atoms with Gasteiger partial charge in [-0.2, -0.15) is 0 Å². The van der Waals surface area contributed by atoms with Crippen LogP contribution in [0.4, 0.5) is 0 Å². The molecule has 0 saturated heterocycles. The van der Waals surface area contributed by atoms with Crippen molar-refractivity contribution in [1.82, 2.24) is 0 Å². The molecule has 0 unspecified atom stereocenters. The maximum atomic E-state index is 10.0. The second-order valence-corrected chi connectivity index (χ2v) is 3.62. The Bertz CT molecular complexity index is 305. The normalized spacial score (nSPS) is 10.5. The van der Waals surface area contributed by atoms with Gasteiger partial charge < -0.3 is 4.79 Å². The topological polar surface area (TPSA) is 17.1 Å². The van der Waals surface area contributed by atoms with E-state index in [4.69, 9.17) is 0 Å². The fourth-order valence-electron chi connectivity index (χ4n) is 1.04. The summed E-state index contributed by atoms with van der Waals surface area (Å²) in [6.45, 7) is 0. The summed E-state index contributed by atoms with van der Waals surface area (Å²) >= 11 is 3.40. The fourth-order valence-corrected chi connectivity index (χ4v) is 1.48. The highest BCUT2D eigenvalue weighted by Crippen LogP contribution is 2.12. The molecule has 0 atom stereocenters. The van der Waals surface area contributed by atoms with Crippen LogP contribution in [0.1, 0.15) is 12.0 Å². The van der Waals surface area contributed by atoms with E-state index < -0.39 is 0 Å². The van der Waals surface area contributed by atoms with E-state index in [1.165, 1.54) is 5.56 Å². The van der Waals surface area contributed by atoms with E-state index in [0.717, 1.165) is 17.2 Å². The molecule has 0 fully saturated rings. The molecule has 1 aromatic rings. The van der Waals surface area contributed by atoms with Gasteiger partial charge in [-0.15, -0.1) is 0 Å². The zero-order valence-electron chi connectivity index (χ0n) is 7.24. The molecule has 0 heterocycles. The van der Waals surface area contributed by atoms with Gasteiger partial charge >= 0.3 is 0 Å². The van der Waals surface area contributed by atoms with Crippen molar-refractivity contribution in [2.24, 2.45) is 0 Å². The molecule has 13 heavy (non-hydrogen) atoms. The summed E-state index contributed by atoms with van der Waals surface area (Å²) in [5, 5.41) is 0. The van der Waals surface area contributed by atoms with Crippen LogP contribution in [0.3, 0.4) is 0 Å². The molecular formula is C11H11BrO. The number of hydrogen-bond acceptors (Lipinski definition) is 1. The average molecular weight is 239 g/mol. The minimum atomic E-state index is 0.508. The van der Waals surface area contributed by atoms with Gasteiger partial charge in [0.15, 0.2) is 0 Å². The van der Waals surface area contributed by atoms with Crippen LogP contribution in [0.5, 0.6) is 0 Å². The molecule has 0 radical (unpaired) electrons. The zero-order valence-corrected chi connectivity index (χ0v) is 8.83. The molecule has 0 aliphatic rings. The molecule has 1 nitrogen and oxygen atoms in total. The number of carbonyl (C=O) groups is 1. The summed E-state index contributed by atoms with van der Waals surface area (Å²) < 4.78 is 1.09. The third kappa shape index (κ3) is 4.04. The van der Waals surface area contributed by atoms with Gasteiger partial charge in [0.2, 0.25) is 0 Å². The second-order valence-electron chi connectivity index (χ2n) is 2.71. The van der Waals surface area contributed by atoms with Crippen LogP contribution in [-0.4, -0.2) is 6.29 Å². The van der Waals surface area contributed by atoms with Gasteiger partial charge in [0.1, 0.15) is 6.29 Å². The lowest BCUT2D eigenvalue weighted by Crippen LogP contribution is -1.80. The Morgan fingerprint density at radius 3 is 2.85 bits per heavy atom. The first kappa shape index (κ1) is 10.2. The van der Waals surface area contributed by atoms with Gasteiger partial charge in [-0.3, -0.25) is 0 Å². The zero-order chi connectivity index (χ0) is 9.52. The van der Waals surface area contributed by atoms with Crippen LogP contribution < -0.4 is 0 Å². The number of allylic oxidation sites excluding steroid dienone is 2. The van der Waals surface area contributed by atoms with E-state index >= 15 is 0 Å². The van der Waals surface area contributed by atoms with E-state index in [2.05, 4.69) is 28.1 Å². The van der Waals surface area contributed by atoms with Crippen LogP contribution in [0.25, 0.3) is 0 Å². The Morgan fingerprint density at radius 2 is 2.15 bits per heavy atom. The predicted octanol–water partition coefficient (Wildman–Crippen LogP) is 3.14. The molecule has 1 aromatic carbocycles. The summed E-state index contributed by atoms with van der Waals surface area (Å²) in [6.07, 6.45) is 6.18. The third-order valence-electron chi connectivity index (χ3n) is 1.64. The van der Waals surface area contributed by atoms with E-state index in [-0.39, 0.29) is 0 Å². The van der Waals surface area contributed by atoms with Crippen LogP contribution >= 0.6 is 15.9 Å². The van der Waals surface area contributed by atoms with Crippen molar-refractivity contribution in [2.75, 3.05) is 0 Å². The highest BCUT2D eigenvalue weighted by atomic mass is 79.9. The van der Waals surface area contributed by atoms with E-state index in [9.17, 15) is 4.79 Å². The van der Waals surface area contributed by atoms with Crippen molar-refractivity contribution in [3.8, 4) is 0 Å². The average Bonchev–Trinajstić information content (AvgIpc) is 2.13. The number of halogens is 1. The lowest BCUT2D eigenvalue weighted by atomic mass is 10.1. The maximum absolute atomic E-state index is 10.0. The van der Waals surface area contributed by atoms with E-state index in [0.29, 0.717) is 6.42 Å². The van der Waals surface area contributed by atoms with Crippen molar-refractivity contribution in [3.05, 3.63) is 46.5 Å². The first-order valence-electron chi connectivity index (χ1n) is 4.16. The molecule has 0 N–H and O–H groups in total. The van der Waals surface area contributed by atoms with Gasteiger partial charge in [0.25, 0.3) is 0 Å². The molecule has 1 rings (SSSR count). The molecule has 0 aliphatic carbocycles. The minimum absolute atomic E-state index is 0.508. The molecule has 0 amide bonds. The second kappa shape index (κ2) is 5.70. The third-order valence-corrected chi connectivity index (χ3v) is 2.13. The molecule has 0 aromatic heterocycles. The Morgan fingerprint density at radius 1 is 1.31 bits per heavy atom. The van der Waals surface area contributed by atoms with Gasteiger partial charge in [-0.25, -0.2) is 0 Å². The largest absolute Gasteiger partial charge is 0.303 e. The molecule has 68 valence electrons. The SMILES string of the molecule is O=CC/C=C\Cc1cccc(Br)c1. The van der Waals surface area contributed by atoms with Gasteiger partial charge in [-0.05, 0) is 24.1 Å². The van der Waals surface area contributed by atoms with Crippen molar-refractivity contribution in [3.63, 3.8) is 0 Å². The Labute approximate surface area is 86.6 Å². The Hall–Kier alpha value is -0.890. The lowest BCUT2D eigenvalue weighted by Gasteiger charge is -1.96. The van der Waals surface area contributed by atoms with Gasteiger partial charge in [-0.1, -0.05) is 40.2 Å². The molecule has 0 spiro atoms. The predicted molar refractivity (Wildman–Crippen MR) is 57.7 cm³/mol. The minimum Gasteiger partial charge on any atom is -0.303 e. The maximum Gasteiger partial charge on any atom is 0.123 e. The number of aldehydes is 1. The summed E-state index contributed by atoms with van der Waals surface area (Å²) in [5.41, 5.74) is 1.25. The fraction of sp³-hybridized carbons (Fsp3) is 0.182. The molecular weight excluding hydrogens is 228 g/mol. The molecule has 0 bridgehead atoms. The van der Waals surface area contributed by atoms with E-state index in [1.54, 1.807) is 0 Å². The molecule has 2 heteroatoms.